The first-order valence-corrected chi connectivity index (χ1v) is 6.29. The van der Waals surface area contributed by atoms with E-state index < -0.39 is 23.8 Å². The van der Waals surface area contributed by atoms with E-state index in [0.717, 1.165) is 6.26 Å². The summed E-state index contributed by atoms with van der Waals surface area (Å²) in [5.41, 5.74) is 0.0156. The lowest BCUT2D eigenvalue weighted by molar-refractivity contribution is -0.153. The Morgan fingerprint density at radius 1 is 1.33 bits per heavy atom. The number of nitrogens with one attached hydrogen (secondary N) is 1. The average molecular weight is 295 g/mol. The van der Waals surface area contributed by atoms with Crippen molar-refractivity contribution in [3.05, 3.63) is 42.1 Å². The first kappa shape index (κ1) is 14.8. The predicted molar refractivity (Wildman–Crippen MR) is 70.6 cm³/mol. The van der Waals surface area contributed by atoms with Gasteiger partial charge in [0, 0.05) is 0 Å². The maximum atomic E-state index is 13.4. The molecule has 1 aromatic rings. The van der Waals surface area contributed by atoms with Crippen LogP contribution in [0.25, 0.3) is 0 Å². The van der Waals surface area contributed by atoms with Gasteiger partial charge in [0.15, 0.2) is 6.10 Å². The Kier molecular flexibility index (Phi) is 4.76. The van der Waals surface area contributed by atoms with Crippen LogP contribution in [0.4, 0.5) is 10.1 Å². The van der Waals surface area contributed by atoms with E-state index in [-0.39, 0.29) is 18.1 Å². The molecular weight excluding hydrogens is 281 g/mol. The summed E-state index contributed by atoms with van der Waals surface area (Å²) in [6.45, 7) is 1.95. The van der Waals surface area contributed by atoms with Gasteiger partial charge in [-0.25, -0.2) is 9.18 Å². The van der Waals surface area contributed by atoms with Crippen LogP contribution in [0.15, 0.2) is 36.3 Å². The standard InChI is InChI=1S/C14H14FNO5/c1-9(21-14(18)12-8-19-6-7-20-12)13(17)16-11-5-3-2-4-10(11)15/h2-5,8-9H,6-7H2,1H3,(H,16,17)/t9-/m0/s1. The minimum Gasteiger partial charge on any atom is -0.493 e. The van der Waals surface area contributed by atoms with Gasteiger partial charge >= 0.3 is 5.97 Å². The Bertz CT molecular complexity index is 572. The molecule has 6 nitrogen and oxygen atoms in total. The fourth-order valence-corrected chi connectivity index (χ4v) is 1.54. The molecule has 0 unspecified atom stereocenters. The summed E-state index contributed by atoms with van der Waals surface area (Å²) < 4.78 is 28.3. The van der Waals surface area contributed by atoms with Crippen molar-refractivity contribution in [2.75, 3.05) is 18.5 Å². The third-order valence-corrected chi connectivity index (χ3v) is 2.64. The number of anilines is 1. The van der Waals surface area contributed by atoms with Crippen LogP contribution in [0, 0.1) is 5.82 Å². The summed E-state index contributed by atoms with van der Waals surface area (Å²) >= 11 is 0. The van der Waals surface area contributed by atoms with E-state index in [0.29, 0.717) is 6.61 Å². The number of para-hydroxylation sites is 1. The normalized spacial score (nSPS) is 15.0. The SMILES string of the molecule is C[C@H](OC(=O)C1=COCCO1)C(=O)Nc1ccccc1F. The largest absolute Gasteiger partial charge is 0.493 e. The first-order valence-electron chi connectivity index (χ1n) is 6.29. The molecule has 1 heterocycles. The van der Waals surface area contributed by atoms with Crippen LogP contribution in [0.1, 0.15) is 6.92 Å². The number of rotatable bonds is 4. The van der Waals surface area contributed by atoms with Crippen molar-refractivity contribution in [2.45, 2.75) is 13.0 Å². The number of halogens is 1. The number of esters is 1. The van der Waals surface area contributed by atoms with Gasteiger partial charge in [0.05, 0.1) is 5.69 Å². The third-order valence-electron chi connectivity index (χ3n) is 2.64. The Morgan fingerprint density at radius 3 is 2.76 bits per heavy atom. The molecule has 0 saturated heterocycles. The zero-order valence-electron chi connectivity index (χ0n) is 11.3. The minimum absolute atomic E-state index is 0.0156. The van der Waals surface area contributed by atoms with Gasteiger partial charge in [0.25, 0.3) is 5.91 Å². The van der Waals surface area contributed by atoms with E-state index >= 15 is 0 Å². The molecule has 2 rings (SSSR count). The fraction of sp³-hybridized carbons (Fsp3) is 0.286. The number of carbonyl (C=O) groups excluding carboxylic acids is 2. The molecule has 1 N–H and O–H groups in total. The highest BCUT2D eigenvalue weighted by atomic mass is 19.1. The smallest absolute Gasteiger partial charge is 0.377 e. The van der Waals surface area contributed by atoms with E-state index in [2.05, 4.69) is 5.32 Å². The Morgan fingerprint density at radius 2 is 2.10 bits per heavy atom. The van der Waals surface area contributed by atoms with Crippen LogP contribution in [0.2, 0.25) is 0 Å². The second-order valence-electron chi connectivity index (χ2n) is 4.22. The lowest BCUT2D eigenvalue weighted by atomic mass is 10.3. The molecule has 0 radical (unpaired) electrons. The third kappa shape index (κ3) is 3.95. The summed E-state index contributed by atoms with van der Waals surface area (Å²) in [4.78, 5) is 23.5. The summed E-state index contributed by atoms with van der Waals surface area (Å²) in [6.07, 6.45) is 0.0244. The van der Waals surface area contributed by atoms with Crippen LogP contribution in [0.3, 0.4) is 0 Å². The molecule has 0 fully saturated rings. The number of benzene rings is 1. The van der Waals surface area contributed by atoms with Crippen molar-refractivity contribution < 1.29 is 28.2 Å². The average Bonchev–Trinajstić information content (AvgIpc) is 2.50. The van der Waals surface area contributed by atoms with Crippen LogP contribution in [-0.4, -0.2) is 31.2 Å². The summed E-state index contributed by atoms with van der Waals surface area (Å²) in [5, 5.41) is 2.34. The molecule has 7 heteroatoms. The van der Waals surface area contributed by atoms with Crippen molar-refractivity contribution >= 4 is 17.6 Å². The zero-order valence-corrected chi connectivity index (χ0v) is 11.3. The van der Waals surface area contributed by atoms with Gasteiger partial charge in [-0.05, 0) is 19.1 Å². The molecule has 0 bridgehead atoms. The van der Waals surface area contributed by atoms with Crippen LogP contribution >= 0.6 is 0 Å². The van der Waals surface area contributed by atoms with Crippen molar-refractivity contribution in [1.82, 2.24) is 0 Å². The van der Waals surface area contributed by atoms with E-state index in [9.17, 15) is 14.0 Å². The Balaban J connectivity index is 1.92. The van der Waals surface area contributed by atoms with Gasteiger partial charge in [-0.3, -0.25) is 4.79 Å². The molecular formula is C14H14FNO5. The van der Waals surface area contributed by atoms with Gasteiger partial charge in [-0.1, -0.05) is 12.1 Å². The maximum absolute atomic E-state index is 13.4. The second-order valence-corrected chi connectivity index (χ2v) is 4.22. The van der Waals surface area contributed by atoms with Gasteiger partial charge in [-0.15, -0.1) is 0 Å². The summed E-state index contributed by atoms with van der Waals surface area (Å²) in [5.74, 6) is -2.14. The second kappa shape index (κ2) is 6.74. The van der Waals surface area contributed by atoms with Crippen LogP contribution in [-0.2, 0) is 23.8 Å². The summed E-state index contributed by atoms with van der Waals surface area (Å²) in [7, 11) is 0. The molecule has 21 heavy (non-hydrogen) atoms. The van der Waals surface area contributed by atoms with Crippen molar-refractivity contribution in [2.24, 2.45) is 0 Å². The number of hydrogen-bond donors (Lipinski definition) is 1. The van der Waals surface area contributed by atoms with Gasteiger partial charge in [-0.2, -0.15) is 0 Å². The molecule has 1 aromatic carbocycles. The lowest BCUT2D eigenvalue weighted by Crippen LogP contribution is -2.31. The number of ether oxygens (including phenoxy) is 3. The van der Waals surface area contributed by atoms with Gasteiger partial charge in [0.2, 0.25) is 5.76 Å². The quantitative estimate of drug-likeness (QED) is 0.854. The Labute approximate surface area is 120 Å². The first-order chi connectivity index (χ1) is 10.1. The Hall–Kier alpha value is -2.57. The zero-order chi connectivity index (χ0) is 15.2. The molecule has 1 aliphatic rings. The highest BCUT2D eigenvalue weighted by molar-refractivity contribution is 5.96. The lowest BCUT2D eigenvalue weighted by Gasteiger charge is -2.17. The molecule has 112 valence electrons. The molecule has 1 amide bonds. The van der Waals surface area contributed by atoms with Crippen LogP contribution < -0.4 is 5.32 Å². The van der Waals surface area contributed by atoms with E-state index in [1.807, 2.05) is 0 Å². The van der Waals surface area contributed by atoms with Crippen LogP contribution in [0.5, 0.6) is 0 Å². The van der Waals surface area contributed by atoms with E-state index in [1.54, 1.807) is 6.07 Å². The monoisotopic (exact) mass is 295 g/mol. The summed E-state index contributed by atoms with van der Waals surface area (Å²) in [6, 6.07) is 5.70. The fourth-order valence-electron chi connectivity index (χ4n) is 1.54. The highest BCUT2D eigenvalue weighted by Crippen LogP contribution is 2.14. The highest BCUT2D eigenvalue weighted by Gasteiger charge is 2.23. The van der Waals surface area contributed by atoms with Gasteiger partial charge in [0.1, 0.15) is 25.3 Å². The molecule has 1 atom stereocenters. The topological polar surface area (TPSA) is 73.9 Å². The van der Waals surface area contributed by atoms with Gasteiger partial charge < -0.3 is 19.5 Å². The number of carbonyl (C=O) groups is 2. The van der Waals surface area contributed by atoms with Crippen molar-refractivity contribution in [1.29, 1.82) is 0 Å². The number of amides is 1. The number of hydrogen-bond acceptors (Lipinski definition) is 5. The predicted octanol–water partition coefficient (Wildman–Crippen LogP) is 1.58. The molecule has 0 aromatic heterocycles. The van der Waals surface area contributed by atoms with E-state index in [1.165, 1.54) is 25.1 Å². The molecule has 0 spiro atoms. The maximum Gasteiger partial charge on any atom is 0.377 e. The molecule has 0 aliphatic carbocycles. The molecule has 0 saturated carbocycles. The van der Waals surface area contributed by atoms with Crippen molar-refractivity contribution in [3.63, 3.8) is 0 Å². The molecule has 1 aliphatic heterocycles. The van der Waals surface area contributed by atoms with Crippen molar-refractivity contribution in [3.8, 4) is 0 Å². The minimum atomic E-state index is -1.11. The van der Waals surface area contributed by atoms with E-state index in [4.69, 9.17) is 14.2 Å².